The molecular weight excluding hydrogens is 350 g/mol. The minimum atomic E-state index is 0.0224. The van der Waals surface area contributed by atoms with Crippen LogP contribution in [0.25, 0.3) is 10.8 Å². The first-order valence-electron chi connectivity index (χ1n) is 9.92. The molecule has 1 saturated carbocycles. The zero-order valence-electron chi connectivity index (χ0n) is 16.2. The first kappa shape index (κ1) is 18.6. The predicted octanol–water partition coefficient (Wildman–Crippen LogP) is 3.74. The Morgan fingerprint density at radius 2 is 1.89 bits per heavy atom. The lowest BCUT2D eigenvalue weighted by atomic mass is 9.91. The third-order valence-corrected chi connectivity index (χ3v) is 5.66. The molecule has 2 atom stereocenters. The van der Waals surface area contributed by atoms with E-state index in [0.717, 1.165) is 40.6 Å². The van der Waals surface area contributed by atoms with Crippen molar-refractivity contribution >= 4 is 16.5 Å². The molecule has 3 aromatic rings. The SMILES string of the molecule is COc1ccc(Cn2ccc3cc(N[C@@H]4CCCC[C@@H]4N)ccc3c2=O)cc1. The van der Waals surface area contributed by atoms with E-state index < -0.39 is 0 Å². The monoisotopic (exact) mass is 377 g/mol. The van der Waals surface area contributed by atoms with Crippen molar-refractivity contribution in [3.8, 4) is 5.75 Å². The number of aromatic nitrogens is 1. The van der Waals surface area contributed by atoms with Gasteiger partial charge in [-0.2, -0.15) is 0 Å². The summed E-state index contributed by atoms with van der Waals surface area (Å²) in [5.41, 5.74) is 8.37. The molecule has 1 heterocycles. The molecule has 2 aromatic carbocycles. The fourth-order valence-corrected chi connectivity index (χ4v) is 3.98. The second-order valence-corrected chi connectivity index (χ2v) is 7.60. The van der Waals surface area contributed by atoms with E-state index in [1.807, 2.05) is 48.7 Å². The Hall–Kier alpha value is -2.79. The Morgan fingerprint density at radius 1 is 1.11 bits per heavy atom. The summed E-state index contributed by atoms with van der Waals surface area (Å²) in [5.74, 6) is 0.812. The molecule has 1 aliphatic rings. The van der Waals surface area contributed by atoms with Crippen molar-refractivity contribution in [2.45, 2.75) is 44.3 Å². The quantitative estimate of drug-likeness (QED) is 0.711. The van der Waals surface area contributed by atoms with E-state index in [9.17, 15) is 4.79 Å². The van der Waals surface area contributed by atoms with Gasteiger partial charge >= 0.3 is 0 Å². The average molecular weight is 377 g/mol. The van der Waals surface area contributed by atoms with E-state index >= 15 is 0 Å². The maximum absolute atomic E-state index is 12.9. The fourth-order valence-electron chi connectivity index (χ4n) is 3.98. The van der Waals surface area contributed by atoms with Crippen molar-refractivity contribution in [3.05, 3.63) is 70.6 Å². The van der Waals surface area contributed by atoms with Gasteiger partial charge in [-0.15, -0.1) is 0 Å². The smallest absolute Gasteiger partial charge is 0.258 e. The lowest BCUT2D eigenvalue weighted by Crippen LogP contribution is -2.42. The van der Waals surface area contributed by atoms with Gasteiger partial charge in [-0.1, -0.05) is 25.0 Å². The molecule has 1 aliphatic carbocycles. The van der Waals surface area contributed by atoms with Crippen molar-refractivity contribution in [2.24, 2.45) is 5.73 Å². The van der Waals surface area contributed by atoms with Crippen LogP contribution in [0.3, 0.4) is 0 Å². The number of fused-ring (bicyclic) bond motifs is 1. The van der Waals surface area contributed by atoms with Crippen LogP contribution in [0.1, 0.15) is 31.2 Å². The summed E-state index contributed by atoms with van der Waals surface area (Å²) < 4.78 is 6.93. The summed E-state index contributed by atoms with van der Waals surface area (Å²) in [5, 5.41) is 5.24. The van der Waals surface area contributed by atoms with Gasteiger partial charge in [-0.25, -0.2) is 0 Å². The molecule has 5 heteroatoms. The van der Waals surface area contributed by atoms with Crippen molar-refractivity contribution in [2.75, 3.05) is 12.4 Å². The van der Waals surface area contributed by atoms with E-state index in [1.54, 1.807) is 11.7 Å². The normalized spacial score (nSPS) is 19.5. The third kappa shape index (κ3) is 3.90. The number of nitrogens with one attached hydrogen (secondary N) is 1. The highest BCUT2D eigenvalue weighted by Gasteiger charge is 2.21. The van der Waals surface area contributed by atoms with Gasteiger partial charge in [0, 0.05) is 29.4 Å². The molecule has 1 aromatic heterocycles. The summed E-state index contributed by atoms with van der Waals surface area (Å²) >= 11 is 0. The van der Waals surface area contributed by atoms with Gasteiger partial charge in [0.1, 0.15) is 5.75 Å². The molecule has 0 unspecified atom stereocenters. The van der Waals surface area contributed by atoms with Crippen LogP contribution in [-0.2, 0) is 6.54 Å². The zero-order chi connectivity index (χ0) is 19.5. The van der Waals surface area contributed by atoms with Crippen LogP contribution in [0.2, 0.25) is 0 Å². The molecule has 4 rings (SSSR count). The number of hydrogen-bond donors (Lipinski definition) is 2. The van der Waals surface area contributed by atoms with Gasteiger partial charge in [0.05, 0.1) is 13.7 Å². The summed E-state index contributed by atoms with van der Waals surface area (Å²) in [6, 6.07) is 16.3. The minimum Gasteiger partial charge on any atom is -0.497 e. The molecule has 146 valence electrons. The molecule has 0 aliphatic heterocycles. The van der Waals surface area contributed by atoms with Crippen molar-refractivity contribution in [3.63, 3.8) is 0 Å². The summed E-state index contributed by atoms with van der Waals surface area (Å²) in [7, 11) is 1.65. The standard InChI is InChI=1S/C23H27N3O2/c1-28-19-9-6-16(7-10-19)15-26-13-12-17-14-18(8-11-20(17)23(26)27)25-22-5-3-2-4-21(22)24/h6-14,21-22,25H,2-5,15,24H2,1H3/t21-,22+/m0/s1. The Bertz CT molecular complexity index is 1010. The molecule has 0 saturated heterocycles. The number of hydrogen-bond acceptors (Lipinski definition) is 4. The molecule has 0 bridgehead atoms. The summed E-state index contributed by atoms with van der Waals surface area (Å²) in [4.78, 5) is 12.9. The van der Waals surface area contributed by atoms with Crippen LogP contribution in [0.4, 0.5) is 5.69 Å². The van der Waals surface area contributed by atoms with E-state index in [4.69, 9.17) is 10.5 Å². The number of pyridine rings is 1. The highest BCUT2D eigenvalue weighted by molar-refractivity contribution is 5.84. The van der Waals surface area contributed by atoms with Crippen LogP contribution in [0.15, 0.2) is 59.5 Å². The van der Waals surface area contributed by atoms with E-state index in [2.05, 4.69) is 11.4 Å². The van der Waals surface area contributed by atoms with Crippen LogP contribution >= 0.6 is 0 Å². The molecule has 0 radical (unpaired) electrons. The molecule has 0 spiro atoms. The average Bonchev–Trinajstić information content (AvgIpc) is 2.72. The highest BCUT2D eigenvalue weighted by atomic mass is 16.5. The van der Waals surface area contributed by atoms with Crippen LogP contribution < -0.4 is 21.3 Å². The summed E-state index contributed by atoms with van der Waals surface area (Å²) in [6.45, 7) is 0.537. The van der Waals surface area contributed by atoms with Gasteiger partial charge in [0.15, 0.2) is 0 Å². The van der Waals surface area contributed by atoms with Crippen molar-refractivity contribution < 1.29 is 4.74 Å². The van der Waals surface area contributed by atoms with Crippen molar-refractivity contribution in [1.29, 1.82) is 0 Å². The topological polar surface area (TPSA) is 69.3 Å². The largest absolute Gasteiger partial charge is 0.497 e. The van der Waals surface area contributed by atoms with Gasteiger partial charge in [-0.3, -0.25) is 4.79 Å². The number of anilines is 1. The van der Waals surface area contributed by atoms with Gasteiger partial charge in [0.2, 0.25) is 0 Å². The maximum Gasteiger partial charge on any atom is 0.258 e. The fraction of sp³-hybridized carbons (Fsp3) is 0.348. The molecule has 28 heavy (non-hydrogen) atoms. The molecule has 0 amide bonds. The molecular formula is C23H27N3O2. The van der Waals surface area contributed by atoms with Gasteiger partial charge in [-0.05, 0) is 60.2 Å². The minimum absolute atomic E-state index is 0.0224. The lowest BCUT2D eigenvalue weighted by molar-refractivity contribution is 0.404. The van der Waals surface area contributed by atoms with Crippen LogP contribution in [0.5, 0.6) is 5.75 Å². The summed E-state index contributed by atoms with van der Waals surface area (Å²) in [6.07, 6.45) is 6.47. The maximum atomic E-state index is 12.9. The number of nitrogens with two attached hydrogens (primary N) is 1. The second-order valence-electron chi connectivity index (χ2n) is 7.60. The van der Waals surface area contributed by atoms with Crippen molar-refractivity contribution in [1.82, 2.24) is 4.57 Å². The lowest BCUT2D eigenvalue weighted by Gasteiger charge is -2.30. The van der Waals surface area contributed by atoms with E-state index in [-0.39, 0.29) is 11.6 Å². The zero-order valence-corrected chi connectivity index (χ0v) is 16.2. The Morgan fingerprint density at radius 3 is 2.64 bits per heavy atom. The Labute approximate surface area is 165 Å². The number of methoxy groups -OCH3 is 1. The van der Waals surface area contributed by atoms with Gasteiger partial charge < -0.3 is 20.4 Å². The van der Waals surface area contributed by atoms with Crippen LogP contribution in [-0.4, -0.2) is 23.8 Å². The molecule has 1 fully saturated rings. The van der Waals surface area contributed by atoms with Gasteiger partial charge in [0.25, 0.3) is 5.56 Å². The number of rotatable bonds is 5. The molecule has 5 nitrogen and oxygen atoms in total. The number of benzene rings is 2. The number of nitrogens with zero attached hydrogens (tertiary/aromatic N) is 1. The number of ether oxygens (including phenoxy) is 1. The van der Waals surface area contributed by atoms with Crippen LogP contribution in [0, 0.1) is 0 Å². The third-order valence-electron chi connectivity index (χ3n) is 5.66. The Kier molecular flexibility index (Phi) is 5.35. The first-order valence-corrected chi connectivity index (χ1v) is 9.92. The first-order chi connectivity index (χ1) is 13.6. The molecule has 3 N–H and O–H groups in total. The predicted molar refractivity (Wildman–Crippen MR) is 114 cm³/mol. The van der Waals surface area contributed by atoms with E-state index in [1.165, 1.54) is 12.8 Å². The Balaban J connectivity index is 1.56. The highest BCUT2D eigenvalue weighted by Crippen LogP contribution is 2.23. The second kappa shape index (κ2) is 8.07. The van der Waals surface area contributed by atoms with E-state index in [0.29, 0.717) is 12.6 Å².